The summed E-state index contributed by atoms with van der Waals surface area (Å²) >= 11 is 0. The molecule has 250 valence electrons. The minimum Gasteiger partial charge on any atom is -0.463 e. The molecule has 0 saturated heterocycles. The number of carbonyl (C=O) groups excluding carboxylic acids is 2. The Morgan fingerprint density at radius 1 is 0.667 bits per heavy atom. The maximum Gasteiger partial charge on any atom is 0.472 e. The van der Waals surface area contributed by atoms with Crippen LogP contribution in [0.5, 0.6) is 0 Å². The van der Waals surface area contributed by atoms with Crippen molar-refractivity contribution in [2.45, 2.75) is 168 Å². The van der Waals surface area contributed by atoms with Crippen molar-refractivity contribution in [3.8, 4) is 0 Å². The van der Waals surface area contributed by atoms with E-state index in [2.05, 4.69) is 16.8 Å². The monoisotopic (exact) mass is 621 g/mol. The number of ether oxygens (including phenoxy) is 1. The summed E-state index contributed by atoms with van der Waals surface area (Å²) in [7, 11) is -4.37. The molecule has 1 amide bonds. The highest BCUT2D eigenvalue weighted by atomic mass is 31.2. The summed E-state index contributed by atoms with van der Waals surface area (Å²) in [4.78, 5) is 32.6. The fraction of sp³-hybridized carbons (Fsp3) is 0.938. The lowest BCUT2D eigenvalue weighted by atomic mass is 10.0. The van der Waals surface area contributed by atoms with Crippen molar-refractivity contribution in [3.63, 3.8) is 0 Å². The number of carbonyl (C=O) groups is 2. The molecule has 0 aromatic heterocycles. The molecule has 0 radical (unpaired) electrons. The third-order valence-electron chi connectivity index (χ3n) is 7.34. The van der Waals surface area contributed by atoms with Crippen molar-refractivity contribution in [3.05, 3.63) is 0 Å². The van der Waals surface area contributed by atoms with Crippen molar-refractivity contribution < 1.29 is 37.9 Å². The Morgan fingerprint density at radius 2 is 1.10 bits per heavy atom. The zero-order valence-corrected chi connectivity index (χ0v) is 27.9. The predicted molar refractivity (Wildman–Crippen MR) is 169 cm³/mol. The second-order valence-corrected chi connectivity index (χ2v) is 12.9. The number of hydrogen-bond acceptors (Lipinski definition) is 7. The van der Waals surface area contributed by atoms with Gasteiger partial charge in [-0.3, -0.25) is 18.6 Å². The predicted octanol–water partition coefficient (Wildman–Crippen LogP) is 8.15. The number of phosphoric acid groups is 1. The number of phosphoric ester groups is 1. The summed E-state index contributed by atoms with van der Waals surface area (Å²) in [5.41, 5.74) is 0. The molecule has 9 nitrogen and oxygen atoms in total. The minimum atomic E-state index is -4.37. The highest BCUT2D eigenvalue weighted by Crippen LogP contribution is 2.42. The van der Waals surface area contributed by atoms with E-state index in [-0.39, 0.29) is 32.1 Å². The van der Waals surface area contributed by atoms with Crippen molar-refractivity contribution in [1.82, 2.24) is 5.32 Å². The molecule has 0 spiro atoms. The van der Waals surface area contributed by atoms with Crippen molar-refractivity contribution >= 4 is 19.7 Å². The fourth-order valence-electron chi connectivity index (χ4n) is 4.71. The molecule has 0 aromatic rings. The molecule has 0 aliphatic carbocycles. The Bertz CT molecular complexity index is 679. The lowest BCUT2D eigenvalue weighted by Gasteiger charge is -2.15. The van der Waals surface area contributed by atoms with E-state index in [1.54, 1.807) is 6.92 Å². The van der Waals surface area contributed by atoms with Gasteiger partial charge in [-0.1, -0.05) is 142 Å². The number of aliphatic hydroxyl groups excluding tert-OH is 1. The molecule has 2 atom stereocenters. The first-order chi connectivity index (χ1) is 20.3. The first kappa shape index (κ1) is 41.0. The maximum atomic E-state index is 11.9. The highest BCUT2D eigenvalue weighted by molar-refractivity contribution is 7.47. The summed E-state index contributed by atoms with van der Waals surface area (Å²) in [6.45, 7) is 2.93. The van der Waals surface area contributed by atoms with Crippen LogP contribution in [-0.2, 0) is 27.9 Å². The Hall–Kier alpha value is -0.990. The van der Waals surface area contributed by atoms with Gasteiger partial charge in [0.2, 0.25) is 5.91 Å². The van der Waals surface area contributed by atoms with E-state index in [0.29, 0.717) is 6.42 Å². The van der Waals surface area contributed by atoms with E-state index in [1.807, 2.05) is 0 Å². The molecule has 0 aliphatic rings. The number of aliphatic hydroxyl groups is 1. The number of esters is 1. The zero-order chi connectivity index (χ0) is 31.2. The van der Waals surface area contributed by atoms with Crippen molar-refractivity contribution in [2.75, 3.05) is 26.4 Å². The molecule has 0 fully saturated rings. The maximum absolute atomic E-state index is 11.9. The second kappa shape index (κ2) is 30.1. The first-order valence-corrected chi connectivity index (χ1v) is 18.5. The number of hydrogen-bond donors (Lipinski definition) is 3. The van der Waals surface area contributed by atoms with Crippen LogP contribution in [0, 0.1) is 0 Å². The molecule has 0 heterocycles. The Morgan fingerprint density at radius 3 is 1.52 bits per heavy atom. The molecule has 0 aliphatic heterocycles. The molecule has 2 unspecified atom stereocenters. The van der Waals surface area contributed by atoms with E-state index < -0.39 is 26.5 Å². The lowest BCUT2D eigenvalue weighted by Crippen LogP contribution is -2.27. The van der Waals surface area contributed by atoms with Gasteiger partial charge in [-0.2, -0.15) is 0 Å². The van der Waals surface area contributed by atoms with Gasteiger partial charge in [-0.05, 0) is 6.42 Å². The van der Waals surface area contributed by atoms with E-state index in [0.717, 1.165) is 19.3 Å². The summed E-state index contributed by atoms with van der Waals surface area (Å²) in [5.74, 6) is -0.600. The van der Waals surface area contributed by atoms with E-state index >= 15 is 0 Å². The summed E-state index contributed by atoms with van der Waals surface area (Å²) < 4.78 is 26.0. The number of amides is 1. The average Bonchev–Trinajstić information content (AvgIpc) is 2.97. The van der Waals surface area contributed by atoms with Gasteiger partial charge in [0, 0.05) is 19.4 Å². The fourth-order valence-corrected chi connectivity index (χ4v) is 5.47. The average molecular weight is 622 g/mol. The lowest BCUT2D eigenvalue weighted by molar-refractivity contribution is -0.146. The highest BCUT2D eigenvalue weighted by Gasteiger charge is 2.23. The molecular weight excluding hydrogens is 557 g/mol. The topological polar surface area (TPSA) is 131 Å². The third kappa shape index (κ3) is 30.5. The van der Waals surface area contributed by atoms with Crippen molar-refractivity contribution in [2.24, 2.45) is 0 Å². The van der Waals surface area contributed by atoms with Gasteiger partial charge in [-0.15, -0.1) is 0 Å². The van der Waals surface area contributed by atoms with Gasteiger partial charge in [0.1, 0.15) is 12.7 Å². The molecule has 0 saturated carbocycles. The van der Waals surface area contributed by atoms with Gasteiger partial charge < -0.3 is 20.1 Å². The normalized spacial score (nSPS) is 13.5. The molecular formula is C32H64NO8P. The van der Waals surface area contributed by atoms with Crippen LogP contribution in [0.2, 0.25) is 0 Å². The minimum absolute atomic E-state index is 0.0860. The van der Waals surface area contributed by atoms with Gasteiger partial charge in [-0.25, -0.2) is 4.57 Å². The standard InChI is InChI=1S/C32H64NO8P/c1-3-5-6-7-8-9-10-11-12-13-14-15-16-17-18-19-20-21-22-23-24-25-31(35)33-26-27-40-42(37,38)41-29-30(34)28-39-32(36)4-2/h30,34H,3-29H2,1-2H3,(H,33,35)(H,37,38). The first-order valence-electron chi connectivity index (χ1n) is 17.0. The number of nitrogens with one attached hydrogen (secondary N) is 1. The number of unbranched alkanes of at least 4 members (excludes halogenated alkanes) is 20. The van der Waals surface area contributed by atoms with Crippen molar-refractivity contribution in [1.29, 1.82) is 0 Å². The van der Waals surface area contributed by atoms with Gasteiger partial charge in [0.15, 0.2) is 0 Å². The van der Waals surface area contributed by atoms with E-state index in [9.17, 15) is 24.2 Å². The van der Waals surface area contributed by atoms with Crippen LogP contribution in [0.15, 0.2) is 0 Å². The van der Waals surface area contributed by atoms with Crippen LogP contribution in [0.25, 0.3) is 0 Å². The molecule has 0 aromatic carbocycles. The van der Waals surface area contributed by atoms with Gasteiger partial charge >= 0.3 is 13.8 Å². The molecule has 42 heavy (non-hydrogen) atoms. The Labute approximate surface area is 256 Å². The summed E-state index contributed by atoms with van der Waals surface area (Å²) in [5, 5.41) is 12.3. The summed E-state index contributed by atoms with van der Waals surface area (Å²) in [6, 6.07) is 0. The van der Waals surface area contributed by atoms with E-state index in [4.69, 9.17) is 9.26 Å². The summed E-state index contributed by atoms with van der Waals surface area (Å²) in [6.07, 6.45) is 27.2. The molecule has 10 heteroatoms. The van der Waals surface area contributed by atoms with Crippen LogP contribution in [0.4, 0.5) is 0 Å². The van der Waals surface area contributed by atoms with Gasteiger partial charge in [0.05, 0.1) is 13.2 Å². The van der Waals surface area contributed by atoms with Crippen LogP contribution in [0.1, 0.15) is 162 Å². The molecule has 3 N–H and O–H groups in total. The largest absolute Gasteiger partial charge is 0.472 e. The second-order valence-electron chi connectivity index (χ2n) is 11.5. The van der Waals surface area contributed by atoms with Crippen LogP contribution >= 0.6 is 7.82 Å². The van der Waals surface area contributed by atoms with Crippen LogP contribution in [-0.4, -0.2) is 54.3 Å². The van der Waals surface area contributed by atoms with E-state index in [1.165, 1.54) is 116 Å². The third-order valence-corrected chi connectivity index (χ3v) is 8.33. The zero-order valence-electron chi connectivity index (χ0n) is 27.0. The van der Waals surface area contributed by atoms with Gasteiger partial charge in [0.25, 0.3) is 0 Å². The smallest absolute Gasteiger partial charge is 0.463 e. The quantitative estimate of drug-likeness (QED) is 0.0390. The van der Waals surface area contributed by atoms with Crippen LogP contribution in [0.3, 0.4) is 0 Å². The SMILES string of the molecule is CCCCCCCCCCCCCCCCCCCCCCCC(=O)NCCOP(=O)(O)OCC(O)COC(=O)CC. The Balaban J connectivity index is 3.40. The molecule has 0 rings (SSSR count). The van der Waals surface area contributed by atoms with Crippen LogP contribution < -0.4 is 5.32 Å². The Kier molecular flexibility index (Phi) is 29.3. The number of rotatable bonds is 32. The molecule has 0 bridgehead atoms.